The summed E-state index contributed by atoms with van der Waals surface area (Å²) in [6.07, 6.45) is 0.128. The van der Waals surface area contributed by atoms with Crippen molar-refractivity contribution < 1.29 is 14.6 Å². The zero-order valence-electron chi connectivity index (χ0n) is 10.4. The van der Waals surface area contributed by atoms with Gasteiger partial charge >= 0.3 is 0 Å². The van der Waals surface area contributed by atoms with E-state index in [1.807, 2.05) is 30.3 Å². The minimum absolute atomic E-state index is 0.0324. The van der Waals surface area contributed by atoms with Gasteiger partial charge in [-0.3, -0.25) is 0 Å². The number of hydrogen-bond donors (Lipinski definition) is 1. The van der Waals surface area contributed by atoms with Crippen LogP contribution >= 0.6 is 0 Å². The molecule has 0 amide bonds. The van der Waals surface area contributed by atoms with Crippen LogP contribution in [0.3, 0.4) is 0 Å². The van der Waals surface area contributed by atoms with Gasteiger partial charge in [-0.1, -0.05) is 44.2 Å². The van der Waals surface area contributed by atoms with Crippen LogP contribution in [-0.2, 0) is 16.1 Å². The van der Waals surface area contributed by atoms with E-state index in [0.29, 0.717) is 19.1 Å². The van der Waals surface area contributed by atoms with Gasteiger partial charge in [0.25, 0.3) is 0 Å². The van der Waals surface area contributed by atoms with Crippen LogP contribution in [0.1, 0.15) is 19.4 Å². The second-order valence-electron chi connectivity index (χ2n) is 4.98. The molecule has 2 atom stereocenters. The number of rotatable bonds is 6. The molecule has 1 fully saturated rings. The van der Waals surface area contributed by atoms with Crippen molar-refractivity contribution in [3.8, 4) is 0 Å². The smallest absolute Gasteiger partial charge is 0.141 e. The van der Waals surface area contributed by atoms with Crippen LogP contribution in [0, 0.1) is 5.92 Å². The van der Waals surface area contributed by atoms with Gasteiger partial charge < -0.3 is 14.6 Å². The van der Waals surface area contributed by atoms with Crippen LogP contribution in [0.25, 0.3) is 0 Å². The second-order valence-corrected chi connectivity index (χ2v) is 4.98. The minimum atomic E-state index is -0.455. The van der Waals surface area contributed by atoms with Crippen molar-refractivity contribution in [3.05, 3.63) is 35.9 Å². The third-order valence-electron chi connectivity index (χ3n) is 3.15. The minimum Gasteiger partial charge on any atom is -0.393 e. The van der Waals surface area contributed by atoms with Crippen LogP contribution in [0.2, 0.25) is 0 Å². The first-order valence-corrected chi connectivity index (χ1v) is 6.08. The van der Waals surface area contributed by atoms with Gasteiger partial charge in [-0.05, 0) is 11.5 Å². The van der Waals surface area contributed by atoms with Gasteiger partial charge in [-0.2, -0.15) is 0 Å². The monoisotopic (exact) mass is 236 g/mol. The molecule has 0 aromatic heterocycles. The molecule has 0 saturated carbocycles. The summed E-state index contributed by atoms with van der Waals surface area (Å²) in [5.41, 5.74) is 0.686. The van der Waals surface area contributed by atoms with Gasteiger partial charge in [0.2, 0.25) is 0 Å². The summed E-state index contributed by atoms with van der Waals surface area (Å²) < 4.78 is 11.2. The first kappa shape index (κ1) is 12.6. The van der Waals surface area contributed by atoms with Crippen molar-refractivity contribution in [1.82, 2.24) is 0 Å². The SMILES string of the molecule is CC(C)[C@@H]1O[C@]1(CO)COCc1ccccc1. The molecule has 2 rings (SSSR count). The number of hydrogen-bond acceptors (Lipinski definition) is 3. The van der Waals surface area contributed by atoms with Gasteiger partial charge in [-0.15, -0.1) is 0 Å². The average Bonchev–Trinajstić information content (AvgIpc) is 3.06. The predicted octanol–water partition coefficient (Wildman–Crippen LogP) is 1.99. The Kier molecular flexibility index (Phi) is 3.82. The molecule has 94 valence electrons. The first-order chi connectivity index (χ1) is 8.18. The van der Waals surface area contributed by atoms with Crippen LogP contribution in [0.5, 0.6) is 0 Å². The number of epoxide rings is 1. The maximum absolute atomic E-state index is 9.37. The summed E-state index contributed by atoms with van der Waals surface area (Å²) in [7, 11) is 0. The van der Waals surface area contributed by atoms with E-state index in [1.54, 1.807) is 0 Å². The topological polar surface area (TPSA) is 42.0 Å². The van der Waals surface area contributed by atoms with Crippen LogP contribution in [0.15, 0.2) is 30.3 Å². The molecule has 1 aromatic rings. The lowest BCUT2D eigenvalue weighted by atomic mass is 9.99. The van der Waals surface area contributed by atoms with Gasteiger partial charge in [0.1, 0.15) is 5.60 Å². The standard InChI is InChI=1S/C14H20O3/c1-11(2)13-14(9-15,17-13)10-16-8-12-6-4-3-5-7-12/h3-7,11,13,15H,8-10H2,1-2H3/t13-,14+/m0/s1. The predicted molar refractivity (Wildman–Crippen MR) is 65.6 cm³/mol. The molecule has 0 unspecified atom stereocenters. The van der Waals surface area contributed by atoms with E-state index in [9.17, 15) is 5.11 Å². The van der Waals surface area contributed by atoms with Crippen LogP contribution in [-0.4, -0.2) is 30.0 Å². The molecule has 0 spiro atoms. The molecule has 1 heterocycles. The van der Waals surface area contributed by atoms with Crippen molar-refractivity contribution in [2.75, 3.05) is 13.2 Å². The van der Waals surface area contributed by atoms with Gasteiger partial charge in [0, 0.05) is 0 Å². The zero-order chi connectivity index (χ0) is 12.3. The average molecular weight is 236 g/mol. The van der Waals surface area contributed by atoms with Gasteiger partial charge in [-0.25, -0.2) is 0 Å². The quantitative estimate of drug-likeness (QED) is 0.768. The van der Waals surface area contributed by atoms with E-state index >= 15 is 0 Å². The van der Waals surface area contributed by atoms with Gasteiger partial charge in [0.15, 0.2) is 0 Å². The highest BCUT2D eigenvalue weighted by Gasteiger charge is 2.57. The largest absolute Gasteiger partial charge is 0.393 e. The molecular weight excluding hydrogens is 216 g/mol. The molecule has 1 aliphatic heterocycles. The number of benzene rings is 1. The number of aliphatic hydroxyl groups is 1. The molecule has 1 N–H and O–H groups in total. The Labute approximate surface area is 102 Å². The molecule has 3 heteroatoms. The molecule has 1 aliphatic rings. The molecular formula is C14H20O3. The lowest BCUT2D eigenvalue weighted by Gasteiger charge is -2.11. The van der Waals surface area contributed by atoms with E-state index in [0.717, 1.165) is 5.56 Å². The van der Waals surface area contributed by atoms with E-state index in [1.165, 1.54) is 0 Å². The van der Waals surface area contributed by atoms with E-state index in [4.69, 9.17) is 9.47 Å². The Balaban J connectivity index is 1.79. The third kappa shape index (κ3) is 2.86. The lowest BCUT2D eigenvalue weighted by Crippen LogP contribution is -2.29. The fourth-order valence-electron chi connectivity index (χ4n) is 2.17. The van der Waals surface area contributed by atoms with Crippen molar-refractivity contribution >= 4 is 0 Å². The van der Waals surface area contributed by atoms with E-state index in [-0.39, 0.29) is 12.7 Å². The molecule has 0 bridgehead atoms. The summed E-state index contributed by atoms with van der Waals surface area (Å²) in [6.45, 7) is 5.25. The van der Waals surface area contributed by atoms with Crippen molar-refractivity contribution in [2.45, 2.75) is 32.2 Å². The summed E-state index contributed by atoms with van der Waals surface area (Å²) >= 11 is 0. The Morgan fingerprint density at radius 2 is 2.06 bits per heavy atom. The number of ether oxygens (including phenoxy) is 2. The van der Waals surface area contributed by atoms with Crippen molar-refractivity contribution in [1.29, 1.82) is 0 Å². The van der Waals surface area contributed by atoms with E-state index < -0.39 is 5.60 Å². The highest BCUT2D eigenvalue weighted by Crippen LogP contribution is 2.41. The molecule has 1 aromatic carbocycles. The molecule has 1 saturated heterocycles. The van der Waals surface area contributed by atoms with Crippen LogP contribution in [0.4, 0.5) is 0 Å². The highest BCUT2D eigenvalue weighted by atomic mass is 16.6. The molecule has 3 nitrogen and oxygen atoms in total. The Morgan fingerprint density at radius 3 is 2.59 bits per heavy atom. The molecule has 17 heavy (non-hydrogen) atoms. The highest BCUT2D eigenvalue weighted by molar-refractivity contribution is 5.13. The fourth-order valence-corrected chi connectivity index (χ4v) is 2.17. The maximum Gasteiger partial charge on any atom is 0.141 e. The van der Waals surface area contributed by atoms with Crippen LogP contribution < -0.4 is 0 Å². The summed E-state index contributed by atoms with van der Waals surface area (Å²) in [6, 6.07) is 10.0. The van der Waals surface area contributed by atoms with Crippen molar-refractivity contribution in [2.24, 2.45) is 5.92 Å². The number of aliphatic hydroxyl groups excluding tert-OH is 1. The van der Waals surface area contributed by atoms with Crippen molar-refractivity contribution in [3.63, 3.8) is 0 Å². The maximum atomic E-state index is 9.37. The van der Waals surface area contributed by atoms with E-state index in [2.05, 4.69) is 13.8 Å². The lowest BCUT2D eigenvalue weighted by molar-refractivity contribution is 0.0411. The van der Waals surface area contributed by atoms with Gasteiger partial charge in [0.05, 0.1) is 25.9 Å². The first-order valence-electron chi connectivity index (χ1n) is 6.08. The Hall–Kier alpha value is -0.900. The third-order valence-corrected chi connectivity index (χ3v) is 3.15. The Bertz CT molecular complexity index is 350. The molecule has 0 radical (unpaired) electrons. The summed E-state index contributed by atoms with van der Waals surface area (Å²) in [4.78, 5) is 0. The summed E-state index contributed by atoms with van der Waals surface area (Å²) in [5, 5.41) is 9.37. The Morgan fingerprint density at radius 1 is 1.35 bits per heavy atom. The molecule has 0 aliphatic carbocycles. The zero-order valence-corrected chi connectivity index (χ0v) is 10.4. The normalized spacial score (nSPS) is 27.4. The fraction of sp³-hybridized carbons (Fsp3) is 0.571. The second kappa shape index (κ2) is 5.17. The summed E-state index contributed by atoms with van der Waals surface area (Å²) in [5.74, 6) is 0.419.